The summed E-state index contributed by atoms with van der Waals surface area (Å²) in [4.78, 5) is 16.3. The maximum absolute atomic E-state index is 12.2. The second kappa shape index (κ2) is 8.76. The van der Waals surface area contributed by atoms with E-state index in [0.717, 1.165) is 0 Å². The second-order valence-electron chi connectivity index (χ2n) is 4.89. The fourth-order valence-electron chi connectivity index (χ4n) is 2.14. The first-order chi connectivity index (χ1) is 12.1. The van der Waals surface area contributed by atoms with Crippen LogP contribution in [0.15, 0.2) is 30.5 Å². The lowest BCUT2D eigenvalue weighted by molar-refractivity contribution is 0.0954. The third-order valence-corrected chi connectivity index (χ3v) is 3.61. The van der Waals surface area contributed by atoms with E-state index in [-0.39, 0.29) is 10.9 Å². The van der Waals surface area contributed by atoms with Gasteiger partial charge in [0.1, 0.15) is 11.9 Å². The van der Waals surface area contributed by atoms with Crippen LogP contribution in [-0.2, 0) is 0 Å². The Hall–Kier alpha value is -2.98. The van der Waals surface area contributed by atoms with E-state index in [0.29, 0.717) is 41.5 Å². The summed E-state index contributed by atoms with van der Waals surface area (Å²) >= 11 is 6.10. The molecule has 2 aromatic rings. The Morgan fingerprint density at radius 2 is 2.12 bits per heavy atom. The number of anilines is 1. The summed E-state index contributed by atoms with van der Waals surface area (Å²) in [6, 6.07) is 8.47. The average molecular weight is 361 g/mol. The Bertz CT molecular complexity index is 805. The van der Waals surface area contributed by atoms with Gasteiger partial charge in [0, 0.05) is 24.8 Å². The fraction of sp³-hybridized carbons (Fsp3) is 0.235. The molecule has 0 spiro atoms. The van der Waals surface area contributed by atoms with E-state index in [9.17, 15) is 4.79 Å². The van der Waals surface area contributed by atoms with Crippen LogP contribution in [0.1, 0.15) is 15.9 Å². The van der Waals surface area contributed by atoms with Gasteiger partial charge in [-0.05, 0) is 24.3 Å². The van der Waals surface area contributed by atoms with Gasteiger partial charge in [-0.1, -0.05) is 11.6 Å². The van der Waals surface area contributed by atoms with Crippen molar-refractivity contribution in [1.82, 2.24) is 10.3 Å². The molecule has 0 fully saturated rings. The molecule has 0 aliphatic heterocycles. The molecule has 130 valence electrons. The van der Waals surface area contributed by atoms with Crippen molar-refractivity contribution in [1.29, 1.82) is 5.26 Å². The summed E-state index contributed by atoms with van der Waals surface area (Å²) in [5.41, 5.74) is 0.804. The van der Waals surface area contributed by atoms with Crippen molar-refractivity contribution >= 4 is 23.3 Å². The maximum atomic E-state index is 12.2. The van der Waals surface area contributed by atoms with Crippen LogP contribution in [0.2, 0.25) is 5.02 Å². The summed E-state index contributed by atoms with van der Waals surface area (Å²) in [6.45, 7) is 0.755. The molecular formula is C17H17ClN4O3. The van der Waals surface area contributed by atoms with Crippen molar-refractivity contribution < 1.29 is 14.3 Å². The zero-order valence-electron chi connectivity index (χ0n) is 13.8. The Morgan fingerprint density at radius 3 is 2.80 bits per heavy atom. The summed E-state index contributed by atoms with van der Waals surface area (Å²) in [5, 5.41) is 15.0. The molecule has 1 aromatic carbocycles. The van der Waals surface area contributed by atoms with E-state index >= 15 is 0 Å². The predicted octanol–water partition coefficient (Wildman–Crippen LogP) is 2.47. The number of nitrogens with zero attached hydrogens (tertiary/aromatic N) is 2. The predicted molar refractivity (Wildman–Crippen MR) is 94.3 cm³/mol. The molecule has 0 bridgehead atoms. The molecule has 8 heteroatoms. The SMILES string of the molecule is COc1cc(C(=O)NCCNc2ncccc2C#N)cc(Cl)c1OC. The van der Waals surface area contributed by atoms with Gasteiger partial charge in [0.2, 0.25) is 0 Å². The number of pyridine rings is 1. The Balaban J connectivity index is 1.95. The lowest BCUT2D eigenvalue weighted by Crippen LogP contribution is -2.29. The van der Waals surface area contributed by atoms with Crippen molar-refractivity contribution in [2.45, 2.75) is 0 Å². The summed E-state index contributed by atoms with van der Waals surface area (Å²) in [5.74, 6) is 0.937. The number of nitriles is 1. The lowest BCUT2D eigenvalue weighted by atomic mass is 10.2. The highest BCUT2D eigenvalue weighted by atomic mass is 35.5. The average Bonchev–Trinajstić information content (AvgIpc) is 2.64. The molecule has 0 radical (unpaired) electrons. The van der Waals surface area contributed by atoms with Crippen LogP contribution in [0.25, 0.3) is 0 Å². The zero-order chi connectivity index (χ0) is 18.2. The second-order valence-corrected chi connectivity index (χ2v) is 5.29. The summed E-state index contributed by atoms with van der Waals surface area (Å²) < 4.78 is 10.3. The Labute approximate surface area is 150 Å². The number of amides is 1. The normalized spacial score (nSPS) is 9.84. The van der Waals surface area contributed by atoms with Crippen LogP contribution in [0.5, 0.6) is 11.5 Å². The number of halogens is 1. The summed E-state index contributed by atoms with van der Waals surface area (Å²) in [7, 11) is 2.95. The number of hydrogen-bond donors (Lipinski definition) is 2. The molecule has 2 rings (SSSR count). The third-order valence-electron chi connectivity index (χ3n) is 3.33. The van der Waals surface area contributed by atoms with Gasteiger partial charge in [0.25, 0.3) is 5.91 Å². The number of aromatic nitrogens is 1. The van der Waals surface area contributed by atoms with Gasteiger partial charge >= 0.3 is 0 Å². The molecule has 1 amide bonds. The van der Waals surface area contributed by atoms with Gasteiger partial charge < -0.3 is 20.1 Å². The monoisotopic (exact) mass is 360 g/mol. The number of benzene rings is 1. The highest BCUT2D eigenvalue weighted by Crippen LogP contribution is 2.35. The standard InChI is InChI=1S/C17H17ClN4O3/c1-24-14-9-12(8-13(18)15(14)25-2)17(23)22-7-6-21-16-11(10-19)4-3-5-20-16/h3-5,8-9H,6-7H2,1-2H3,(H,20,21)(H,22,23). The number of hydrogen-bond acceptors (Lipinski definition) is 6. The van der Waals surface area contributed by atoms with Crippen LogP contribution in [0.4, 0.5) is 5.82 Å². The quantitative estimate of drug-likeness (QED) is 0.736. The van der Waals surface area contributed by atoms with Crippen molar-refractivity contribution in [3.8, 4) is 17.6 Å². The van der Waals surface area contributed by atoms with Crippen molar-refractivity contribution in [3.63, 3.8) is 0 Å². The van der Waals surface area contributed by atoms with Crippen LogP contribution in [0, 0.1) is 11.3 Å². The molecule has 0 unspecified atom stereocenters. The molecule has 0 atom stereocenters. The molecule has 0 aliphatic carbocycles. The van der Waals surface area contributed by atoms with E-state index in [2.05, 4.69) is 15.6 Å². The zero-order valence-corrected chi connectivity index (χ0v) is 14.6. The molecule has 0 saturated carbocycles. The number of methoxy groups -OCH3 is 2. The van der Waals surface area contributed by atoms with E-state index in [1.165, 1.54) is 20.3 Å². The maximum Gasteiger partial charge on any atom is 0.251 e. The highest BCUT2D eigenvalue weighted by Gasteiger charge is 2.15. The highest BCUT2D eigenvalue weighted by molar-refractivity contribution is 6.32. The van der Waals surface area contributed by atoms with Gasteiger partial charge in [0.15, 0.2) is 11.5 Å². The van der Waals surface area contributed by atoms with Gasteiger partial charge in [-0.15, -0.1) is 0 Å². The first-order valence-corrected chi connectivity index (χ1v) is 7.77. The minimum atomic E-state index is -0.300. The van der Waals surface area contributed by atoms with Crippen molar-refractivity contribution in [3.05, 3.63) is 46.6 Å². The molecule has 25 heavy (non-hydrogen) atoms. The minimum absolute atomic E-state index is 0.289. The molecule has 2 N–H and O–H groups in total. The van der Waals surface area contributed by atoms with Crippen LogP contribution >= 0.6 is 11.6 Å². The molecule has 1 heterocycles. The minimum Gasteiger partial charge on any atom is -0.493 e. The van der Waals surface area contributed by atoms with Gasteiger partial charge in [-0.3, -0.25) is 4.79 Å². The Morgan fingerprint density at radius 1 is 1.32 bits per heavy atom. The Kier molecular flexibility index (Phi) is 6.43. The topological polar surface area (TPSA) is 96.3 Å². The molecule has 1 aromatic heterocycles. The van der Waals surface area contributed by atoms with Crippen LogP contribution in [0.3, 0.4) is 0 Å². The van der Waals surface area contributed by atoms with Crippen molar-refractivity contribution in [2.75, 3.05) is 32.6 Å². The first-order valence-electron chi connectivity index (χ1n) is 7.39. The van der Waals surface area contributed by atoms with Crippen LogP contribution < -0.4 is 20.1 Å². The number of carbonyl (C=O) groups is 1. The lowest BCUT2D eigenvalue weighted by Gasteiger charge is -2.12. The molecule has 0 aliphatic rings. The largest absolute Gasteiger partial charge is 0.493 e. The van der Waals surface area contributed by atoms with Gasteiger partial charge in [0.05, 0.1) is 24.8 Å². The van der Waals surface area contributed by atoms with E-state index in [1.807, 2.05) is 6.07 Å². The number of ether oxygens (including phenoxy) is 2. The summed E-state index contributed by atoms with van der Waals surface area (Å²) in [6.07, 6.45) is 1.59. The molecule has 0 saturated heterocycles. The molecular weight excluding hydrogens is 344 g/mol. The first kappa shape index (κ1) is 18.4. The number of rotatable bonds is 7. The third kappa shape index (κ3) is 4.52. The van der Waals surface area contributed by atoms with Crippen LogP contribution in [-0.4, -0.2) is 38.2 Å². The van der Waals surface area contributed by atoms with E-state index in [1.54, 1.807) is 24.4 Å². The van der Waals surface area contributed by atoms with Crippen molar-refractivity contribution in [2.24, 2.45) is 0 Å². The molecule has 7 nitrogen and oxygen atoms in total. The number of nitrogens with one attached hydrogen (secondary N) is 2. The van der Waals surface area contributed by atoms with Gasteiger partial charge in [-0.25, -0.2) is 4.98 Å². The van der Waals surface area contributed by atoms with Gasteiger partial charge in [-0.2, -0.15) is 5.26 Å². The smallest absolute Gasteiger partial charge is 0.251 e. The van der Waals surface area contributed by atoms with E-state index in [4.69, 9.17) is 26.3 Å². The van der Waals surface area contributed by atoms with E-state index < -0.39 is 0 Å². The fourth-order valence-corrected chi connectivity index (χ4v) is 2.43. The number of carbonyl (C=O) groups excluding carboxylic acids is 1.